The highest BCUT2D eigenvalue weighted by atomic mass is 32.2. The van der Waals surface area contributed by atoms with E-state index in [0.717, 1.165) is 21.9 Å². The molecule has 0 saturated carbocycles. The third-order valence-electron chi connectivity index (χ3n) is 6.95. The molecule has 12 nitrogen and oxygen atoms in total. The van der Waals surface area contributed by atoms with Crippen molar-refractivity contribution in [3.05, 3.63) is 131 Å². The molecule has 4 aromatic rings. The molecule has 2 aliphatic heterocycles. The van der Waals surface area contributed by atoms with Crippen molar-refractivity contribution in [3.63, 3.8) is 0 Å². The van der Waals surface area contributed by atoms with Crippen LogP contribution in [-0.4, -0.2) is 41.6 Å². The smallest absolute Gasteiger partial charge is 0.287 e. The molecule has 44 heavy (non-hydrogen) atoms. The first-order valence-corrected chi connectivity index (χ1v) is 14.8. The number of fused-ring (bicyclic) bond motifs is 2. The van der Waals surface area contributed by atoms with Gasteiger partial charge in [-0.25, -0.2) is 5.26 Å². The van der Waals surface area contributed by atoms with E-state index in [2.05, 4.69) is 9.37 Å². The Bertz CT molecular complexity index is 2040. The molecular weight excluding hydrogens is 612 g/mol. The first kappa shape index (κ1) is 29.1. The normalized spacial score (nSPS) is 15.9. The van der Waals surface area contributed by atoms with Gasteiger partial charge in [-0.2, -0.15) is 8.42 Å². The van der Waals surface area contributed by atoms with Crippen LogP contribution in [-0.2, 0) is 19.5 Å². The average Bonchev–Trinajstić information content (AvgIpc) is 3.49. The Kier molecular flexibility index (Phi) is 7.46. The minimum atomic E-state index is -4.88. The lowest BCUT2D eigenvalue weighted by Gasteiger charge is -2.25. The fourth-order valence-electron chi connectivity index (χ4n) is 5.15. The van der Waals surface area contributed by atoms with Gasteiger partial charge in [0.25, 0.3) is 21.9 Å². The number of hydrogen-bond acceptors (Lipinski definition) is 10. The summed E-state index contributed by atoms with van der Waals surface area (Å²) in [5, 5.41) is 12.3. The molecule has 6 rings (SSSR count). The Hall–Kier alpha value is -4.96. The Morgan fingerprint density at radius 2 is 1.11 bits per heavy atom. The molecule has 2 amide bonds. The van der Waals surface area contributed by atoms with Crippen LogP contribution in [0.3, 0.4) is 0 Å². The molecule has 2 aliphatic rings. The van der Waals surface area contributed by atoms with Crippen LogP contribution in [0.15, 0.2) is 118 Å². The Balaban J connectivity index is 1.62. The summed E-state index contributed by atoms with van der Waals surface area (Å²) >= 11 is 0.514. The van der Waals surface area contributed by atoms with Crippen LogP contribution in [0.4, 0.5) is 11.4 Å². The number of amides is 2. The van der Waals surface area contributed by atoms with Gasteiger partial charge in [-0.1, -0.05) is 53.6 Å². The van der Waals surface area contributed by atoms with Crippen molar-refractivity contribution in [2.24, 2.45) is 0 Å². The molecule has 0 spiro atoms. The first-order valence-electron chi connectivity index (χ1n) is 12.7. The predicted molar refractivity (Wildman–Crippen MR) is 156 cm³/mol. The van der Waals surface area contributed by atoms with E-state index in [1.165, 1.54) is 48.5 Å². The third-order valence-corrected chi connectivity index (χ3v) is 8.53. The Morgan fingerprint density at radius 1 is 0.659 bits per heavy atom. The standard InChI is InChI=1S/C30H18N2O10S2/c33-27-17-9-1-5-13-21(17)31(29(35)19-11-3-7-15-23(19)43-42-41-37)25(27)26-28(34)18-10-2-6-14-22(18)32(26)30(36)20-12-4-8-16-24(20)44(38,39)40/h1-16,37H,(H,38,39,40)/b26-25+. The molecule has 0 atom stereocenters. The molecule has 4 aromatic carbocycles. The minimum Gasteiger partial charge on any atom is -0.287 e. The number of ketones is 2. The van der Waals surface area contributed by atoms with Crippen LogP contribution < -0.4 is 9.80 Å². The van der Waals surface area contributed by atoms with Crippen LogP contribution in [0.5, 0.6) is 0 Å². The lowest BCUT2D eigenvalue weighted by molar-refractivity contribution is -0.432. The zero-order valence-corrected chi connectivity index (χ0v) is 23.7. The van der Waals surface area contributed by atoms with Crippen molar-refractivity contribution in [2.45, 2.75) is 9.79 Å². The number of carbonyl (C=O) groups is 4. The molecule has 0 fully saturated rings. The second-order valence-electron chi connectivity index (χ2n) is 9.36. The summed E-state index contributed by atoms with van der Waals surface area (Å²) in [4.78, 5) is 57.9. The number of rotatable bonds is 6. The van der Waals surface area contributed by atoms with Gasteiger partial charge < -0.3 is 0 Å². The summed E-state index contributed by atoms with van der Waals surface area (Å²) < 4.78 is 38.8. The molecule has 220 valence electrons. The molecule has 0 aliphatic carbocycles. The summed E-state index contributed by atoms with van der Waals surface area (Å²) in [6.07, 6.45) is 0. The van der Waals surface area contributed by atoms with Crippen LogP contribution in [0.2, 0.25) is 0 Å². The molecule has 14 heteroatoms. The largest absolute Gasteiger partial charge is 0.295 e. The van der Waals surface area contributed by atoms with Crippen molar-refractivity contribution in [1.82, 2.24) is 0 Å². The fraction of sp³-hybridized carbons (Fsp3) is 0. The summed E-state index contributed by atoms with van der Waals surface area (Å²) in [6, 6.07) is 23.0. The van der Waals surface area contributed by atoms with E-state index in [1.807, 2.05) is 0 Å². The van der Waals surface area contributed by atoms with Crippen molar-refractivity contribution in [3.8, 4) is 0 Å². The molecule has 0 aromatic heterocycles. The van der Waals surface area contributed by atoms with Gasteiger partial charge in [-0.15, -0.1) is 4.33 Å². The summed E-state index contributed by atoms with van der Waals surface area (Å²) in [6.45, 7) is 0. The number of hydrogen-bond donors (Lipinski definition) is 2. The number of nitrogens with zero attached hydrogens (tertiary/aromatic N) is 2. The van der Waals surface area contributed by atoms with Crippen molar-refractivity contribution in [2.75, 3.05) is 9.80 Å². The van der Waals surface area contributed by atoms with E-state index < -0.39 is 55.4 Å². The summed E-state index contributed by atoms with van der Waals surface area (Å²) in [5.74, 6) is -3.34. The van der Waals surface area contributed by atoms with E-state index >= 15 is 0 Å². The SMILES string of the molecule is O=C1/C(=C2/C(=O)c3ccccc3N2C(=O)c2ccccc2S(=O)(=O)O)N(C(=O)c2ccccc2SOOO)c2ccccc21. The zero-order chi connectivity index (χ0) is 31.2. The maximum Gasteiger partial charge on any atom is 0.295 e. The summed E-state index contributed by atoms with van der Waals surface area (Å²) in [5.41, 5.74) is -1.16. The van der Waals surface area contributed by atoms with E-state index in [9.17, 15) is 32.1 Å². The maximum absolute atomic E-state index is 14.3. The van der Waals surface area contributed by atoms with Gasteiger partial charge in [0.1, 0.15) is 16.3 Å². The number of anilines is 2. The number of carbonyl (C=O) groups excluding carboxylic acids is 4. The predicted octanol–water partition coefficient (Wildman–Crippen LogP) is 4.96. The zero-order valence-electron chi connectivity index (χ0n) is 22.1. The van der Waals surface area contributed by atoms with Gasteiger partial charge in [0, 0.05) is 11.1 Å². The Morgan fingerprint density at radius 3 is 1.66 bits per heavy atom. The van der Waals surface area contributed by atoms with E-state index in [4.69, 9.17) is 5.26 Å². The van der Waals surface area contributed by atoms with E-state index in [-0.39, 0.29) is 33.0 Å². The topological polar surface area (TPSA) is 168 Å². The number of benzene rings is 4. The van der Waals surface area contributed by atoms with Crippen molar-refractivity contribution < 1.29 is 46.8 Å². The molecule has 2 heterocycles. The van der Waals surface area contributed by atoms with Crippen molar-refractivity contribution >= 4 is 56.9 Å². The van der Waals surface area contributed by atoms with Crippen LogP contribution >= 0.6 is 12.0 Å². The van der Waals surface area contributed by atoms with Crippen LogP contribution in [0.25, 0.3) is 0 Å². The van der Waals surface area contributed by atoms with E-state index in [0.29, 0.717) is 12.0 Å². The molecule has 2 N–H and O–H groups in total. The highest BCUT2D eigenvalue weighted by Crippen LogP contribution is 2.44. The van der Waals surface area contributed by atoms with Gasteiger partial charge >= 0.3 is 0 Å². The molecule has 0 radical (unpaired) electrons. The Labute approximate surface area is 253 Å². The van der Waals surface area contributed by atoms with Gasteiger partial charge in [0.15, 0.2) is 0 Å². The van der Waals surface area contributed by atoms with Gasteiger partial charge in [-0.05, 0) is 48.5 Å². The molecular formula is C30H18N2O10S2. The van der Waals surface area contributed by atoms with Crippen LogP contribution in [0, 0.1) is 0 Å². The van der Waals surface area contributed by atoms with Gasteiger partial charge in [-0.3, -0.25) is 33.5 Å². The van der Waals surface area contributed by atoms with Crippen LogP contribution in [0.1, 0.15) is 41.4 Å². The quantitative estimate of drug-likeness (QED) is 0.0971. The highest BCUT2D eigenvalue weighted by molar-refractivity contribution is 7.94. The third kappa shape index (κ3) is 4.71. The number of allylic oxidation sites excluding steroid dienone is 2. The maximum atomic E-state index is 14.3. The lowest BCUT2D eigenvalue weighted by Crippen LogP contribution is -2.37. The monoisotopic (exact) mass is 630 g/mol. The van der Waals surface area contributed by atoms with Crippen molar-refractivity contribution in [1.29, 1.82) is 0 Å². The highest BCUT2D eigenvalue weighted by Gasteiger charge is 2.47. The molecule has 0 bridgehead atoms. The number of Topliss-reactive ketones (excluding diaryl/α,β-unsaturated/α-hetero) is 2. The van der Waals surface area contributed by atoms with Gasteiger partial charge in [0.05, 0.1) is 39.4 Å². The summed E-state index contributed by atoms with van der Waals surface area (Å²) in [7, 11) is -4.88. The molecule has 0 saturated heterocycles. The van der Waals surface area contributed by atoms with Gasteiger partial charge in [0.2, 0.25) is 11.6 Å². The first-order chi connectivity index (χ1) is 21.1. The minimum absolute atomic E-state index is 0.00490. The fourth-order valence-corrected chi connectivity index (χ4v) is 6.31. The lowest BCUT2D eigenvalue weighted by atomic mass is 10.1. The van der Waals surface area contributed by atoms with E-state index in [1.54, 1.807) is 36.4 Å². The average molecular weight is 631 g/mol. The number of para-hydroxylation sites is 2. The second-order valence-corrected chi connectivity index (χ2v) is 11.5. The second kappa shape index (κ2) is 11.3. The molecule has 0 unspecified atom stereocenters.